The second-order valence-corrected chi connectivity index (χ2v) is 5.49. The van der Waals surface area contributed by atoms with Crippen LogP contribution in [0.3, 0.4) is 0 Å². The predicted octanol–water partition coefficient (Wildman–Crippen LogP) is 3.76. The fourth-order valence-corrected chi connectivity index (χ4v) is 2.46. The first-order valence-electron chi connectivity index (χ1n) is 8.17. The van der Waals surface area contributed by atoms with Crippen LogP contribution in [0, 0.1) is 11.3 Å². The monoisotopic (exact) mass is 343 g/mol. The molecule has 0 aliphatic heterocycles. The second-order valence-electron chi connectivity index (χ2n) is 5.49. The first-order valence-corrected chi connectivity index (χ1v) is 8.17. The van der Waals surface area contributed by atoms with Gasteiger partial charge in [0, 0.05) is 30.3 Å². The highest BCUT2D eigenvalue weighted by Gasteiger charge is 2.12. The van der Waals surface area contributed by atoms with Gasteiger partial charge >= 0.3 is 0 Å². The number of hydrogen-bond donors (Lipinski definition) is 1. The zero-order valence-electron chi connectivity index (χ0n) is 14.3. The highest BCUT2D eigenvalue weighted by Crippen LogP contribution is 2.21. The maximum absolute atomic E-state index is 12.3. The molecule has 0 aliphatic rings. The lowest BCUT2D eigenvalue weighted by Gasteiger charge is -2.20. The van der Waals surface area contributed by atoms with E-state index < -0.39 is 0 Å². The number of anilines is 3. The van der Waals surface area contributed by atoms with Crippen LogP contribution in [0.15, 0.2) is 67.0 Å². The molecule has 6 nitrogen and oxygen atoms in total. The summed E-state index contributed by atoms with van der Waals surface area (Å²) in [6, 6.07) is 18.5. The minimum Gasteiger partial charge on any atom is -0.322 e. The number of hydrogen-bond acceptors (Lipinski definition) is 5. The van der Waals surface area contributed by atoms with E-state index in [4.69, 9.17) is 5.26 Å². The molecule has 0 unspecified atom stereocenters. The number of carbonyl (C=O) groups is 1. The lowest BCUT2D eigenvalue weighted by molar-refractivity contribution is 0.102. The van der Waals surface area contributed by atoms with Crippen LogP contribution in [-0.2, 0) is 0 Å². The van der Waals surface area contributed by atoms with Crippen LogP contribution in [0.2, 0.25) is 0 Å². The summed E-state index contributed by atoms with van der Waals surface area (Å²) in [5.74, 6) is 0.234. The first-order chi connectivity index (χ1) is 12.7. The second kappa shape index (κ2) is 7.90. The Kier molecular flexibility index (Phi) is 5.20. The van der Waals surface area contributed by atoms with Gasteiger partial charge in [0.2, 0.25) is 5.95 Å². The molecule has 1 N–H and O–H groups in total. The molecule has 2 aromatic carbocycles. The maximum Gasteiger partial charge on any atom is 0.258 e. The number of carbonyl (C=O) groups excluding carboxylic acids is 1. The van der Waals surface area contributed by atoms with Gasteiger partial charge in [0.1, 0.15) is 0 Å². The number of nitrogens with one attached hydrogen (secondary N) is 1. The summed E-state index contributed by atoms with van der Waals surface area (Å²) in [6.45, 7) is 2.72. The lowest BCUT2D eigenvalue weighted by atomic mass is 10.2. The zero-order valence-corrected chi connectivity index (χ0v) is 14.3. The van der Waals surface area contributed by atoms with Gasteiger partial charge in [-0.15, -0.1) is 0 Å². The van der Waals surface area contributed by atoms with E-state index in [9.17, 15) is 4.79 Å². The van der Waals surface area contributed by atoms with Crippen molar-refractivity contribution in [2.45, 2.75) is 6.92 Å². The van der Waals surface area contributed by atoms with Crippen molar-refractivity contribution in [2.75, 3.05) is 16.8 Å². The Labute approximate surface area is 151 Å². The van der Waals surface area contributed by atoms with Crippen molar-refractivity contribution in [3.63, 3.8) is 0 Å². The molecule has 26 heavy (non-hydrogen) atoms. The Morgan fingerprint density at radius 2 is 1.73 bits per heavy atom. The third kappa shape index (κ3) is 3.84. The van der Waals surface area contributed by atoms with Crippen molar-refractivity contribution < 1.29 is 4.79 Å². The fourth-order valence-electron chi connectivity index (χ4n) is 2.46. The van der Waals surface area contributed by atoms with Gasteiger partial charge in [-0.2, -0.15) is 5.26 Å². The number of benzene rings is 2. The van der Waals surface area contributed by atoms with Crippen molar-refractivity contribution >= 4 is 23.2 Å². The van der Waals surface area contributed by atoms with Crippen LogP contribution in [0.5, 0.6) is 0 Å². The summed E-state index contributed by atoms with van der Waals surface area (Å²) in [7, 11) is 0. The van der Waals surface area contributed by atoms with E-state index in [0.29, 0.717) is 29.3 Å². The summed E-state index contributed by atoms with van der Waals surface area (Å²) in [5.41, 5.74) is 2.50. The zero-order chi connectivity index (χ0) is 18.4. The number of amides is 1. The number of para-hydroxylation sites is 1. The molecule has 0 fully saturated rings. The van der Waals surface area contributed by atoms with Crippen molar-refractivity contribution in [3.8, 4) is 6.07 Å². The number of rotatable bonds is 5. The molecule has 0 aliphatic carbocycles. The van der Waals surface area contributed by atoms with Crippen molar-refractivity contribution in [1.82, 2.24) is 9.97 Å². The van der Waals surface area contributed by atoms with E-state index in [1.54, 1.807) is 24.3 Å². The summed E-state index contributed by atoms with van der Waals surface area (Å²) in [5, 5.41) is 11.6. The molecule has 1 aromatic heterocycles. The van der Waals surface area contributed by atoms with E-state index in [2.05, 4.69) is 15.3 Å². The van der Waals surface area contributed by atoms with Crippen LogP contribution in [0.1, 0.15) is 22.8 Å². The largest absolute Gasteiger partial charge is 0.322 e. The van der Waals surface area contributed by atoms with Crippen LogP contribution >= 0.6 is 0 Å². The van der Waals surface area contributed by atoms with E-state index in [0.717, 1.165) is 5.69 Å². The van der Waals surface area contributed by atoms with Crippen LogP contribution in [-0.4, -0.2) is 22.4 Å². The van der Waals surface area contributed by atoms with Gasteiger partial charge in [0.15, 0.2) is 0 Å². The number of nitriles is 1. The Hall–Kier alpha value is -3.72. The summed E-state index contributed by atoms with van der Waals surface area (Å²) < 4.78 is 0. The van der Waals surface area contributed by atoms with E-state index in [-0.39, 0.29) is 5.91 Å². The van der Waals surface area contributed by atoms with E-state index in [1.807, 2.05) is 48.2 Å². The smallest absolute Gasteiger partial charge is 0.258 e. The molecular weight excluding hydrogens is 326 g/mol. The Morgan fingerprint density at radius 1 is 1.08 bits per heavy atom. The standard InChI is InChI=1S/C20H17N5O/c1-2-25(18-6-4-3-5-7-18)20-22-13-16(14-23-20)19(26)24-17-10-8-15(12-21)9-11-17/h3-11,13-14H,2H2,1H3,(H,24,26). The summed E-state index contributed by atoms with van der Waals surface area (Å²) >= 11 is 0. The minimum atomic E-state index is -0.302. The lowest BCUT2D eigenvalue weighted by Crippen LogP contribution is -2.20. The molecule has 0 saturated heterocycles. The molecular formula is C20H17N5O. The molecule has 128 valence electrons. The first kappa shape index (κ1) is 17.1. The normalized spacial score (nSPS) is 10.0. The molecule has 1 heterocycles. The third-order valence-electron chi connectivity index (χ3n) is 3.80. The predicted molar refractivity (Wildman–Crippen MR) is 100 cm³/mol. The molecule has 0 atom stereocenters. The number of nitrogens with zero attached hydrogens (tertiary/aromatic N) is 4. The van der Waals surface area contributed by atoms with Gasteiger partial charge in [-0.05, 0) is 43.3 Å². The average molecular weight is 343 g/mol. The van der Waals surface area contributed by atoms with Gasteiger partial charge in [-0.1, -0.05) is 18.2 Å². The number of aromatic nitrogens is 2. The Balaban J connectivity index is 1.74. The highest BCUT2D eigenvalue weighted by atomic mass is 16.1. The molecule has 0 radical (unpaired) electrons. The Bertz CT molecular complexity index is 915. The molecule has 6 heteroatoms. The van der Waals surface area contributed by atoms with Crippen molar-refractivity contribution in [3.05, 3.63) is 78.1 Å². The van der Waals surface area contributed by atoms with Gasteiger partial charge in [-0.3, -0.25) is 4.79 Å². The minimum absolute atomic E-state index is 0.302. The average Bonchev–Trinajstić information content (AvgIpc) is 2.70. The van der Waals surface area contributed by atoms with Crippen LogP contribution < -0.4 is 10.2 Å². The van der Waals surface area contributed by atoms with Gasteiger partial charge < -0.3 is 10.2 Å². The quantitative estimate of drug-likeness (QED) is 0.763. The maximum atomic E-state index is 12.3. The summed E-state index contributed by atoms with van der Waals surface area (Å²) in [6.07, 6.45) is 3.01. The summed E-state index contributed by atoms with van der Waals surface area (Å²) in [4.78, 5) is 22.9. The highest BCUT2D eigenvalue weighted by molar-refractivity contribution is 6.03. The molecule has 1 amide bonds. The molecule has 0 spiro atoms. The van der Waals surface area contributed by atoms with E-state index in [1.165, 1.54) is 12.4 Å². The van der Waals surface area contributed by atoms with Gasteiger partial charge in [0.05, 0.1) is 17.2 Å². The molecule has 0 bridgehead atoms. The van der Waals surface area contributed by atoms with Crippen LogP contribution in [0.25, 0.3) is 0 Å². The third-order valence-corrected chi connectivity index (χ3v) is 3.80. The molecule has 3 rings (SSSR count). The van der Waals surface area contributed by atoms with Gasteiger partial charge in [0.25, 0.3) is 5.91 Å². The molecule has 0 saturated carbocycles. The van der Waals surface area contributed by atoms with Gasteiger partial charge in [-0.25, -0.2) is 9.97 Å². The fraction of sp³-hybridized carbons (Fsp3) is 0.100. The van der Waals surface area contributed by atoms with E-state index >= 15 is 0 Å². The van der Waals surface area contributed by atoms with Crippen LogP contribution in [0.4, 0.5) is 17.3 Å². The molecule has 3 aromatic rings. The Morgan fingerprint density at radius 3 is 2.31 bits per heavy atom. The SMILES string of the molecule is CCN(c1ccccc1)c1ncc(C(=O)Nc2ccc(C#N)cc2)cn1. The van der Waals surface area contributed by atoms with Crippen molar-refractivity contribution in [1.29, 1.82) is 5.26 Å². The van der Waals surface area contributed by atoms with Crippen molar-refractivity contribution in [2.24, 2.45) is 0 Å². The topological polar surface area (TPSA) is 81.9 Å².